The lowest BCUT2D eigenvalue weighted by Crippen LogP contribution is -2.09. The molecule has 0 radical (unpaired) electrons. The van der Waals surface area contributed by atoms with Crippen LogP contribution in [-0.4, -0.2) is 16.5 Å². The molecule has 0 heterocycles. The number of aromatic hydroxyl groups is 2. The monoisotopic (exact) mass is 286 g/mol. The Labute approximate surface area is 123 Å². The molecule has 0 amide bonds. The Morgan fingerprint density at radius 1 is 1.05 bits per heavy atom. The minimum absolute atomic E-state index is 0.0674. The van der Waals surface area contributed by atoms with Crippen LogP contribution in [0.5, 0.6) is 17.2 Å². The summed E-state index contributed by atoms with van der Waals surface area (Å²) in [6.45, 7) is 4.19. The van der Waals surface area contributed by atoms with Gasteiger partial charge in [-0.1, -0.05) is 26.0 Å². The van der Waals surface area contributed by atoms with Gasteiger partial charge in [-0.3, -0.25) is 4.79 Å². The molecule has 21 heavy (non-hydrogen) atoms. The van der Waals surface area contributed by atoms with Gasteiger partial charge in [0.2, 0.25) is 0 Å². The lowest BCUT2D eigenvalue weighted by Gasteiger charge is -2.16. The SMILES string of the molecule is CC(C)c1ccc(OC(C=O)c2ccc(O)cc2O)cc1. The number of hydrogen-bond donors (Lipinski definition) is 2. The molecule has 0 saturated heterocycles. The summed E-state index contributed by atoms with van der Waals surface area (Å²) in [6, 6.07) is 11.5. The van der Waals surface area contributed by atoms with Crippen LogP contribution in [0.1, 0.15) is 37.0 Å². The molecule has 0 spiro atoms. The number of phenolic OH excluding ortho intramolecular Hbond substituents is 2. The minimum Gasteiger partial charge on any atom is -0.508 e. The third-order valence-corrected chi connectivity index (χ3v) is 3.25. The molecular weight excluding hydrogens is 268 g/mol. The summed E-state index contributed by atoms with van der Waals surface area (Å²) in [5.74, 6) is 0.721. The quantitative estimate of drug-likeness (QED) is 0.825. The van der Waals surface area contributed by atoms with Crippen LogP contribution >= 0.6 is 0 Å². The molecule has 1 atom stereocenters. The molecule has 110 valence electrons. The number of phenols is 2. The fourth-order valence-corrected chi connectivity index (χ4v) is 2.02. The molecule has 0 aliphatic rings. The summed E-state index contributed by atoms with van der Waals surface area (Å²) in [5, 5.41) is 19.1. The standard InChI is InChI=1S/C17H18O4/c1-11(2)12-3-6-14(7-4-12)21-17(10-18)15-8-5-13(19)9-16(15)20/h3-11,17,19-20H,1-2H3. The zero-order chi connectivity index (χ0) is 15.4. The van der Waals surface area contributed by atoms with Crippen LogP contribution in [0.15, 0.2) is 42.5 Å². The van der Waals surface area contributed by atoms with E-state index in [0.29, 0.717) is 23.5 Å². The maximum Gasteiger partial charge on any atom is 0.182 e. The largest absolute Gasteiger partial charge is 0.508 e. The zero-order valence-corrected chi connectivity index (χ0v) is 12.0. The van der Waals surface area contributed by atoms with Gasteiger partial charge in [0.1, 0.15) is 17.2 Å². The molecule has 2 aromatic carbocycles. The Morgan fingerprint density at radius 2 is 1.71 bits per heavy atom. The van der Waals surface area contributed by atoms with Crippen molar-refractivity contribution in [2.45, 2.75) is 25.9 Å². The van der Waals surface area contributed by atoms with Crippen LogP contribution in [0.25, 0.3) is 0 Å². The Morgan fingerprint density at radius 3 is 2.24 bits per heavy atom. The van der Waals surface area contributed by atoms with Gasteiger partial charge in [-0.05, 0) is 35.7 Å². The summed E-state index contributed by atoms with van der Waals surface area (Å²) in [7, 11) is 0. The molecule has 0 aliphatic heterocycles. The van der Waals surface area contributed by atoms with E-state index >= 15 is 0 Å². The maximum atomic E-state index is 11.2. The van der Waals surface area contributed by atoms with Gasteiger partial charge in [-0.2, -0.15) is 0 Å². The zero-order valence-electron chi connectivity index (χ0n) is 12.0. The van der Waals surface area contributed by atoms with E-state index in [2.05, 4.69) is 13.8 Å². The average molecular weight is 286 g/mol. The van der Waals surface area contributed by atoms with E-state index in [1.54, 1.807) is 12.1 Å². The first kappa shape index (κ1) is 14.9. The molecule has 4 nitrogen and oxygen atoms in total. The molecule has 0 aromatic heterocycles. The minimum atomic E-state index is -0.921. The molecule has 0 saturated carbocycles. The molecule has 0 fully saturated rings. The predicted octanol–water partition coefficient (Wildman–Crippen LogP) is 3.54. The van der Waals surface area contributed by atoms with Gasteiger partial charge < -0.3 is 14.9 Å². The lowest BCUT2D eigenvalue weighted by atomic mass is 10.0. The highest BCUT2D eigenvalue weighted by Crippen LogP contribution is 2.30. The Balaban J connectivity index is 2.20. The molecular formula is C17H18O4. The van der Waals surface area contributed by atoms with Crippen molar-refractivity contribution in [1.29, 1.82) is 0 Å². The van der Waals surface area contributed by atoms with E-state index in [-0.39, 0.29) is 11.5 Å². The van der Waals surface area contributed by atoms with Crippen molar-refractivity contribution in [1.82, 2.24) is 0 Å². The van der Waals surface area contributed by atoms with Crippen LogP contribution in [0, 0.1) is 0 Å². The molecule has 0 bridgehead atoms. The van der Waals surface area contributed by atoms with Gasteiger partial charge in [0.15, 0.2) is 12.4 Å². The highest BCUT2D eigenvalue weighted by molar-refractivity contribution is 5.63. The number of ether oxygens (including phenoxy) is 1. The second kappa shape index (κ2) is 6.31. The molecule has 0 aliphatic carbocycles. The average Bonchev–Trinajstić information content (AvgIpc) is 2.46. The number of hydrogen-bond acceptors (Lipinski definition) is 4. The second-order valence-corrected chi connectivity index (χ2v) is 5.14. The van der Waals surface area contributed by atoms with Crippen LogP contribution in [0.4, 0.5) is 0 Å². The first-order chi connectivity index (χ1) is 10.0. The van der Waals surface area contributed by atoms with E-state index in [1.807, 2.05) is 12.1 Å². The smallest absolute Gasteiger partial charge is 0.182 e. The van der Waals surface area contributed by atoms with Crippen LogP contribution in [-0.2, 0) is 4.79 Å². The van der Waals surface area contributed by atoms with Crippen LogP contribution < -0.4 is 4.74 Å². The predicted molar refractivity (Wildman–Crippen MR) is 79.7 cm³/mol. The van der Waals surface area contributed by atoms with Crippen LogP contribution in [0.3, 0.4) is 0 Å². The van der Waals surface area contributed by atoms with Gasteiger partial charge in [-0.15, -0.1) is 0 Å². The maximum absolute atomic E-state index is 11.2. The fraction of sp³-hybridized carbons (Fsp3) is 0.235. The summed E-state index contributed by atoms with van der Waals surface area (Å²) in [5.41, 5.74) is 1.49. The van der Waals surface area contributed by atoms with Crippen molar-refractivity contribution in [3.63, 3.8) is 0 Å². The van der Waals surface area contributed by atoms with Gasteiger partial charge in [-0.25, -0.2) is 0 Å². The number of aldehydes is 1. The Kier molecular flexibility index (Phi) is 4.48. The molecule has 2 N–H and O–H groups in total. The third-order valence-electron chi connectivity index (χ3n) is 3.25. The topological polar surface area (TPSA) is 66.8 Å². The van der Waals surface area contributed by atoms with Crippen molar-refractivity contribution < 1.29 is 19.7 Å². The highest BCUT2D eigenvalue weighted by atomic mass is 16.5. The molecule has 4 heteroatoms. The van der Waals surface area contributed by atoms with E-state index in [4.69, 9.17) is 4.74 Å². The number of rotatable bonds is 5. The summed E-state index contributed by atoms with van der Waals surface area (Å²) >= 11 is 0. The van der Waals surface area contributed by atoms with Crippen molar-refractivity contribution in [3.05, 3.63) is 53.6 Å². The fourth-order valence-electron chi connectivity index (χ4n) is 2.02. The highest BCUT2D eigenvalue weighted by Gasteiger charge is 2.17. The normalized spacial score (nSPS) is 12.1. The number of carbonyl (C=O) groups excluding carboxylic acids is 1. The third kappa shape index (κ3) is 3.54. The van der Waals surface area contributed by atoms with Crippen LogP contribution in [0.2, 0.25) is 0 Å². The van der Waals surface area contributed by atoms with E-state index in [0.717, 1.165) is 0 Å². The second-order valence-electron chi connectivity index (χ2n) is 5.14. The van der Waals surface area contributed by atoms with E-state index < -0.39 is 6.10 Å². The van der Waals surface area contributed by atoms with Gasteiger partial charge in [0, 0.05) is 11.6 Å². The van der Waals surface area contributed by atoms with Crippen molar-refractivity contribution >= 4 is 6.29 Å². The van der Waals surface area contributed by atoms with Gasteiger partial charge >= 0.3 is 0 Å². The first-order valence-corrected chi connectivity index (χ1v) is 6.75. The lowest BCUT2D eigenvalue weighted by molar-refractivity contribution is -0.114. The van der Waals surface area contributed by atoms with Crippen molar-refractivity contribution in [3.8, 4) is 17.2 Å². The molecule has 2 rings (SSSR count). The van der Waals surface area contributed by atoms with Crippen molar-refractivity contribution in [2.75, 3.05) is 0 Å². The number of carbonyl (C=O) groups is 1. The Hall–Kier alpha value is -2.49. The molecule has 2 aromatic rings. The summed E-state index contributed by atoms with van der Waals surface area (Å²) in [4.78, 5) is 11.2. The number of benzene rings is 2. The van der Waals surface area contributed by atoms with Gasteiger partial charge in [0.05, 0.1) is 0 Å². The summed E-state index contributed by atoms with van der Waals surface area (Å²) in [6.07, 6.45) is -0.307. The first-order valence-electron chi connectivity index (χ1n) is 6.75. The van der Waals surface area contributed by atoms with Crippen molar-refractivity contribution in [2.24, 2.45) is 0 Å². The Bertz CT molecular complexity index is 617. The van der Waals surface area contributed by atoms with E-state index in [1.165, 1.54) is 23.8 Å². The van der Waals surface area contributed by atoms with Gasteiger partial charge in [0.25, 0.3) is 0 Å². The molecule has 1 unspecified atom stereocenters. The van der Waals surface area contributed by atoms with E-state index in [9.17, 15) is 15.0 Å². The summed E-state index contributed by atoms with van der Waals surface area (Å²) < 4.78 is 5.60.